The topological polar surface area (TPSA) is 54.4 Å². The van der Waals surface area contributed by atoms with Crippen molar-refractivity contribution in [3.05, 3.63) is 35.9 Å². The summed E-state index contributed by atoms with van der Waals surface area (Å²) >= 11 is 0. The Kier molecular flexibility index (Phi) is 4.88. The lowest BCUT2D eigenvalue weighted by Crippen LogP contribution is -2.26. The smallest absolute Gasteiger partial charge is 0.372 e. The fourth-order valence-corrected chi connectivity index (χ4v) is 2.15. The molecule has 1 N–H and O–H groups in total. The van der Waals surface area contributed by atoms with Gasteiger partial charge in [-0.25, -0.2) is 4.79 Å². The number of benzene rings is 1. The molecule has 0 heterocycles. The molecule has 1 aromatic carbocycles. The molecule has 0 aromatic heterocycles. The lowest BCUT2D eigenvalue weighted by Gasteiger charge is -2.21. The van der Waals surface area contributed by atoms with E-state index in [-0.39, 0.29) is 5.92 Å². The van der Waals surface area contributed by atoms with E-state index in [1.807, 2.05) is 44.2 Å². The second kappa shape index (κ2) is 6.18. The van der Waals surface area contributed by atoms with Crippen LogP contribution in [-0.2, 0) is 9.59 Å². The monoisotopic (exact) mass is 234 g/mol. The Balaban J connectivity index is 3.02. The highest BCUT2D eigenvalue weighted by Crippen LogP contribution is 2.28. The van der Waals surface area contributed by atoms with E-state index >= 15 is 0 Å². The highest BCUT2D eigenvalue weighted by Gasteiger charge is 2.30. The van der Waals surface area contributed by atoms with Crippen LogP contribution in [0.2, 0.25) is 0 Å². The number of rotatable bonds is 6. The first-order chi connectivity index (χ1) is 8.07. The molecule has 0 saturated carbocycles. The van der Waals surface area contributed by atoms with Gasteiger partial charge in [-0.05, 0) is 17.9 Å². The maximum atomic E-state index is 11.8. The average molecular weight is 234 g/mol. The number of Topliss-reactive ketones (excluding diaryl/α,β-unsaturated/α-hetero) is 1. The third-order valence-electron chi connectivity index (χ3n) is 2.96. The van der Waals surface area contributed by atoms with E-state index in [4.69, 9.17) is 5.11 Å². The van der Waals surface area contributed by atoms with Crippen LogP contribution in [0.25, 0.3) is 0 Å². The lowest BCUT2D eigenvalue weighted by atomic mass is 9.81. The fraction of sp³-hybridized carbons (Fsp3) is 0.429. The standard InChI is InChI=1S/C14H18O3/c1-3-7-10(2)12(13(15)14(16)17)11-8-5-4-6-9-11/h4-6,8-10,12H,3,7H2,1-2H3,(H,16,17). The normalized spacial score (nSPS) is 14.0. The summed E-state index contributed by atoms with van der Waals surface area (Å²) in [6, 6.07) is 9.15. The Labute approximate surface area is 101 Å². The highest BCUT2D eigenvalue weighted by atomic mass is 16.4. The second-order valence-electron chi connectivity index (χ2n) is 4.32. The third-order valence-corrected chi connectivity index (χ3v) is 2.96. The molecule has 17 heavy (non-hydrogen) atoms. The van der Waals surface area contributed by atoms with Gasteiger partial charge in [-0.1, -0.05) is 50.6 Å². The Bertz CT molecular complexity index is 384. The van der Waals surface area contributed by atoms with Gasteiger partial charge >= 0.3 is 5.97 Å². The predicted molar refractivity (Wildman–Crippen MR) is 65.9 cm³/mol. The largest absolute Gasteiger partial charge is 0.475 e. The van der Waals surface area contributed by atoms with Crippen LogP contribution in [-0.4, -0.2) is 16.9 Å². The summed E-state index contributed by atoms with van der Waals surface area (Å²) in [6.45, 7) is 3.96. The van der Waals surface area contributed by atoms with Crippen molar-refractivity contribution in [1.29, 1.82) is 0 Å². The van der Waals surface area contributed by atoms with Crippen molar-refractivity contribution >= 4 is 11.8 Å². The van der Waals surface area contributed by atoms with Gasteiger partial charge in [0.1, 0.15) is 0 Å². The molecule has 1 aromatic rings. The molecule has 0 amide bonds. The maximum absolute atomic E-state index is 11.8. The summed E-state index contributed by atoms with van der Waals surface area (Å²) < 4.78 is 0. The van der Waals surface area contributed by atoms with Gasteiger partial charge in [0.05, 0.1) is 5.92 Å². The molecule has 0 aliphatic heterocycles. The molecule has 1 rings (SSSR count). The minimum atomic E-state index is -1.35. The number of hydrogen-bond donors (Lipinski definition) is 1. The van der Waals surface area contributed by atoms with Crippen LogP contribution in [0.1, 0.15) is 38.2 Å². The molecule has 0 saturated heterocycles. The molecule has 0 spiro atoms. The Morgan fingerprint density at radius 2 is 1.82 bits per heavy atom. The molecule has 0 aliphatic carbocycles. The zero-order chi connectivity index (χ0) is 12.8. The lowest BCUT2D eigenvalue weighted by molar-refractivity contribution is -0.150. The minimum absolute atomic E-state index is 0.0472. The molecule has 3 nitrogen and oxygen atoms in total. The molecule has 0 radical (unpaired) electrons. The van der Waals surface area contributed by atoms with Gasteiger partial charge in [0.2, 0.25) is 5.78 Å². The van der Waals surface area contributed by atoms with Crippen molar-refractivity contribution in [3.8, 4) is 0 Å². The number of ketones is 1. The van der Waals surface area contributed by atoms with E-state index < -0.39 is 17.7 Å². The van der Waals surface area contributed by atoms with Crippen molar-refractivity contribution in [2.24, 2.45) is 5.92 Å². The second-order valence-corrected chi connectivity index (χ2v) is 4.32. The van der Waals surface area contributed by atoms with Crippen molar-refractivity contribution < 1.29 is 14.7 Å². The van der Waals surface area contributed by atoms with Crippen molar-refractivity contribution in [2.75, 3.05) is 0 Å². The first-order valence-corrected chi connectivity index (χ1v) is 5.90. The van der Waals surface area contributed by atoms with E-state index in [2.05, 4.69) is 0 Å². The van der Waals surface area contributed by atoms with Gasteiger partial charge in [-0.15, -0.1) is 0 Å². The zero-order valence-corrected chi connectivity index (χ0v) is 10.2. The first-order valence-electron chi connectivity index (χ1n) is 5.90. The van der Waals surface area contributed by atoms with Gasteiger partial charge in [-0.2, -0.15) is 0 Å². The highest BCUT2D eigenvalue weighted by molar-refractivity contribution is 6.35. The van der Waals surface area contributed by atoms with Crippen molar-refractivity contribution in [1.82, 2.24) is 0 Å². The molecule has 0 aliphatic rings. The van der Waals surface area contributed by atoms with Crippen LogP contribution in [0.5, 0.6) is 0 Å². The van der Waals surface area contributed by atoms with Gasteiger partial charge in [0, 0.05) is 0 Å². The molecule has 2 unspecified atom stereocenters. The summed E-state index contributed by atoms with van der Waals surface area (Å²) in [5.41, 5.74) is 0.792. The van der Waals surface area contributed by atoms with Crippen LogP contribution < -0.4 is 0 Å². The number of hydrogen-bond acceptors (Lipinski definition) is 2. The minimum Gasteiger partial charge on any atom is -0.475 e. The molecule has 0 bridgehead atoms. The summed E-state index contributed by atoms with van der Waals surface area (Å²) in [5, 5.41) is 8.88. The van der Waals surface area contributed by atoms with Crippen molar-refractivity contribution in [2.45, 2.75) is 32.6 Å². The predicted octanol–water partition coefficient (Wildman–Crippen LogP) is 2.86. The van der Waals surface area contributed by atoms with Crippen LogP contribution in [0.3, 0.4) is 0 Å². The number of carboxylic acids is 1. The van der Waals surface area contributed by atoms with E-state index in [1.54, 1.807) is 0 Å². The fourth-order valence-electron chi connectivity index (χ4n) is 2.15. The number of carboxylic acid groups (broad SMARTS) is 1. The van der Waals surface area contributed by atoms with Gasteiger partial charge in [0.15, 0.2) is 0 Å². The molecule has 3 heteroatoms. The molecule has 0 fully saturated rings. The quantitative estimate of drug-likeness (QED) is 0.770. The van der Waals surface area contributed by atoms with E-state index in [0.29, 0.717) is 0 Å². The number of carbonyl (C=O) groups is 2. The van der Waals surface area contributed by atoms with Crippen LogP contribution in [0.4, 0.5) is 0 Å². The van der Waals surface area contributed by atoms with Crippen molar-refractivity contribution in [3.63, 3.8) is 0 Å². The third kappa shape index (κ3) is 3.41. The molecular formula is C14H18O3. The number of carbonyl (C=O) groups excluding carboxylic acids is 1. The Morgan fingerprint density at radius 1 is 1.24 bits per heavy atom. The van der Waals surface area contributed by atoms with Gasteiger partial charge in [0.25, 0.3) is 0 Å². The van der Waals surface area contributed by atoms with Crippen LogP contribution in [0.15, 0.2) is 30.3 Å². The summed E-state index contributed by atoms with van der Waals surface area (Å²) in [4.78, 5) is 22.6. The van der Waals surface area contributed by atoms with E-state index in [9.17, 15) is 9.59 Å². The summed E-state index contributed by atoms with van der Waals surface area (Å²) in [6.07, 6.45) is 1.79. The number of aliphatic carboxylic acids is 1. The summed E-state index contributed by atoms with van der Waals surface area (Å²) in [5.74, 6) is -2.54. The SMILES string of the molecule is CCCC(C)C(C(=O)C(=O)O)c1ccccc1. The van der Waals surface area contributed by atoms with Gasteiger partial charge < -0.3 is 5.11 Å². The van der Waals surface area contributed by atoms with E-state index in [0.717, 1.165) is 18.4 Å². The van der Waals surface area contributed by atoms with E-state index in [1.165, 1.54) is 0 Å². The summed E-state index contributed by atoms with van der Waals surface area (Å²) in [7, 11) is 0. The first kappa shape index (κ1) is 13.4. The Hall–Kier alpha value is -1.64. The Morgan fingerprint density at radius 3 is 2.29 bits per heavy atom. The zero-order valence-electron chi connectivity index (χ0n) is 10.2. The molecule has 92 valence electrons. The molecule has 2 atom stereocenters. The molecular weight excluding hydrogens is 216 g/mol. The maximum Gasteiger partial charge on any atom is 0.372 e. The van der Waals surface area contributed by atoms with Crippen LogP contribution in [0, 0.1) is 5.92 Å². The van der Waals surface area contributed by atoms with Gasteiger partial charge in [-0.3, -0.25) is 4.79 Å². The average Bonchev–Trinajstić information content (AvgIpc) is 2.31. The van der Waals surface area contributed by atoms with Crippen LogP contribution >= 0.6 is 0 Å².